The van der Waals surface area contributed by atoms with Crippen LogP contribution in [-0.4, -0.2) is 164 Å². The van der Waals surface area contributed by atoms with E-state index in [1.165, 1.54) is 66.1 Å². The summed E-state index contributed by atoms with van der Waals surface area (Å²) in [4.78, 5) is 120. The van der Waals surface area contributed by atoms with Gasteiger partial charge in [-0.05, 0) is 129 Å². The maximum Gasteiger partial charge on any atom is 0.410 e. The Balaban J connectivity index is 1.38. The van der Waals surface area contributed by atoms with E-state index in [1.807, 2.05) is 0 Å². The molecule has 4 aromatic rings. The molecule has 426 valence electrons. The van der Waals surface area contributed by atoms with Gasteiger partial charge in [-0.25, -0.2) is 18.4 Å². The molecule has 2 aromatic carbocycles. The predicted molar refractivity (Wildman–Crippen MR) is 286 cm³/mol. The summed E-state index contributed by atoms with van der Waals surface area (Å²) in [6, 6.07) is 2.98. The molecule has 8 atom stereocenters. The fourth-order valence-corrected chi connectivity index (χ4v) is 10.1. The minimum absolute atomic E-state index is 0.0142. The average molecular weight is 1090 g/mol. The standard InChI is InChI=1S/C56H76F2N8O12/c1-15-43(61-49(69)29(3)63(13)53(73)77-55(7,8)9)51(71)65-27-37(75-31(5)67)23-35(65)25-41-39-19-17-33(57)21-45(39)59-47(41)48-42(40-20-18-34(58)22-46(40)60-48)26-36-24-38(76-32(6)68)28-66(36)52(72)44(16-2)62-50(70)30(4)64(14)54(74)78-56(10,11)12/h17-22,29-30,35-38,43-44,59-60H,15-16,23-28H2,1-14H3,(H,61,69)(H,62,70)/t29-,30-,35-,36?,37-,38-,43-,44-/m0/s1. The fraction of sp³-hybridized carbons (Fsp3) is 0.571. The summed E-state index contributed by atoms with van der Waals surface area (Å²) in [6.45, 7) is 19.2. The van der Waals surface area contributed by atoms with Crippen molar-refractivity contribution in [2.75, 3.05) is 27.2 Å². The van der Waals surface area contributed by atoms with Crippen LogP contribution >= 0.6 is 0 Å². The molecule has 22 heteroatoms. The summed E-state index contributed by atoms with van der Waals surface area (Å²) in [5.74, 6) is -4.34. The van der Waals surface area contributed by atoms with Crippen LogP contribution in [0.1, 0.15) is 120 Å². The van der Waals surface area contributed by atoms with E-state index in [1.54, 1.807) is 77.3 Å². The van der Waals surface area contributed by atoms with E-state index in [4.69, 9.17) is 18.9 Å². The van der Waals surface area contributed by atoms with Crippen molar-refractivity contribution < 1.29 is 66.1 Å². The Morgan fingerprint density at radius 2 is 0.974 bits per heavy atom. The Labute approximate surface area is 453 Å². The second-order valence-corrected chi connectivity index (χ2v) is 22.4. The molecule has 1 unspecified atom stereocenters. The van der Waals surface area contributed by atoms with Gasteiger partial charge in [0.05, 0.1) is 24.5 Å². The van der Waals surface area contributed by atoms with Crippen LogP contribution in [0.25, 0.3) is 33.2 Å². The molecule has 2 aromatic heterocycles. The number of amides is 6. The highest BCUT2D eigenvalue weighted by atomic mass is 19.1. The van der Waals surface area contributed by atoms with Gasteiger partial charge in [-0.2, -0.15) is 0 Å². The second kappa shape index (κ2) is 24.2. The van der Waals surface area contributed by atoms with Crippen LogP contribution in [0, 0.1) is 11.6 Å². The maximum absolute atomic E-state index is 15.2. The fourth-order valence-electron chi connectivity index (χ4n) is 10.1. The molecule has 4 heterocycles. The number of esters is 2. The topological polar surface area (TPSA) is 242 Å². The highest BCUT2D eigenvalue weighted by Crippen LogP contribution is 2.40. The van der Waals surface area contributed by atoms with Crippen molar-refractivity contribution in [3.05, 3.63) is 59.2 Å². The van der Waals surface area contributed by atoms with Gasteiger partial charge >= 0.3 is 24.1 Å². The molecule has 6 rings (SSSR count). The number of carbonyl (C=O) groups excluding carboxylic acids is 8. The number of ether oxygens (including phenoxy) is 4. The van der Waals surface area contributed by atoms with Gasteiger partial charge in [0, 0.05) is 74.7 Å². The van der Waals surface area contributed by atoms with Crippen LogP contribution in [-0.2, 0) is 60.6 Å². The highest BCUT2D eigenvalue weighted by Gasteiger charge is 2.43. The first-order chi connectivity index (χ1) is 36.4. The molecule has 0 bridgehead atoms. The van der Waals surface area contributed by atoms with Gasteiger partial charge < -0.3 is 49.3 Å². The summed E-state index contributed by atoms with van der Waals surface area (Å²) >= 11 is 0. The molecule has 2 aliphatic heterocycles. The van der Waals surface area contributed by atoms with Crippen LogP contribution in [0.2, 0.25) is 0 Å². The number of H-pyrrole nitrogens is 2. The normalized spacial score (nSPS) is 19.2. The van der Waals surface area contributed by atoms with Crippen molar-refractivity contribution in [2.45, 2.75) is 181 Å². The number of rotatable bonds is 17. The smallest absolute Gasteiger partial charge is 0.410 e. The quantitative estimate of drug-likeness (QED) is 0.0615. The van der Waals surface area contributed by atoms with E-state index >= 15 is 8.78 Å². The Morgan fingerprint density at radius 3 is 1.28 bits per heavy atom. The number of likely N-dealkylation sites (tertiary alicyclic amines) is 2. The summed E-state index contributed by atoms with van der Waals surface area (Å²) in [5, 5.41) is 6.80. The highest BCUT2D eigenvalue weighted by molar-refractivity contribution is 5.97. The molecule has 6 amide bonds. The molecule has 2 fully saturated rings. The lowest BCUT2D eigenvalue weighted by molar-refractivity contribution is -0.147. The predicted octanol–water partition coefficient (Wildman–Crippen LogP) is 7.05. The zero-order valence-corrected chi connectivity index (χ0v) is 47.2. The number of benzene rings is 2. The summed E-state index contributed by atoms with van der Waals surface area (Å²) in [5.41, 5.74) is 1.29. The molecular weight excluding hydrogens is 1010 g/mol. The van der Waals surface area contributed by atoms with Crippen LogP contribution in [0.3, 0.4) is 0 Å². The minimum atomic E-state index is -1.06. The number of halogens is 2. The molecule has 78 heavy (non-hydrogen) atoms. The third-order valence-electron chi connectivity index (χ3n) is 14.2. The van der Waals surface area contributed by atoms with Crippen molar-refractivity contribution in [3.63, 3.8) is 0 Å². The van der Waals surface area contributed by atoms with E-state index in [-0.39, 0.29) is 51.6 Å². The number of nitrogens with zero attached hydrogens (tertiary/aromatic N) is 4. The Hall–Kier alpha value is -7.26. The minimum Gasteiger partial charge on any atom is -0.461 e. The van der Waals surface area contributed by atoms with Gasteiger partial charge in [-0.15, -0.1) is 0 Å². The first-order valence-corrected chi connectivity index (χ1v) is 26.5. The molecule has 2 aliphatic rings. The van der Waals surface area contributed by atoms with Crippen molar-refractivity contribution in [3.8, 4) is 11.4 Å². The molecule has 20 nitrogen and oxygen atoms in total. The maximum atomic E-state index is 15.2. The third-order valence-corrected chi connectivity index (χ3v) is 14.2. The van der Waals surface area contributed by atoms with Crippen molar-refractivity contribution in [1.29, 1.82) is 0 Å². The summed E-state index contributed by atoms with van der Waals surface area (Å²) < 4.78 is 52.7. The van der Waals surface area contributed by atoms with E-state index in [2.05, 4.69) is 20.6 Å². The van der Waals surface area contributed by atoms with E-state index in [9.17, 15) is 38.4 Å². The summed E-state index contributed by atoms with van der Waals surface area (Å²) in [7, 11) is 2.85. The number of fused-ring (bicyclic) bond motifs is 2. The third kappa shape index (κ3) is 14.3. The SMILES string of the molecule is CC[C@H](NC(=O)[C@H](C)N(C)C(=O)OC(C)(C)C)C(=O)N1C[C@@H](OC(C)=O)CC1Cc1c(-c2[nH]c3cc(F)ccc3c2C[C@@H]2C[C@H](OC(C)=O)CN2C(=O)[C@H](CC)NC(=O)[C@H](C)N(C)C(=O)OC(C)(C)C)[nH]c2cc(F)ccc12. The molecular formula is C56H76F2N8O12. The van der Waals surface area contributed by atoms with Crippen LogP contribution in [0.15, 0.2) is 36.4 Å². The Morgan fingerprint density at radius 1 is 0.628 bits per heavy atom. The number of likely N-dealkylation sites (N-methyl/N-ethyl adjacent to an activating group) is 2. The number of nitrogens with one attached hydrogen (secondary N) is 4. The number of aromatic amines is 2. The van der Waals surface area contributed by atoms with Crippen LogP contribution < -0.4 is 10.6 Å². The van der Waals surface area contributed by atoms with Crippen molar-refractivity contribution in [2.24, 2.45) is 0 Å². The number of hydrogen-bond acceptors (Lipinski definition) is 12. The van der Waals surface area contributed by atoms with Gasteiger partial charge in [0.2, 0.25) is 23.6 Å². The summed E-state index contributed by atoms with van der Waals surface area (Å²) in [6.07, 6.45) is -2.00. The molecule has 0 spiro atoms. The lowest BCUT2D eigenvalue weighted by Crippen LogP contribution is -2.55. The van der Waals surface area contributed by atoms with Gasteiger partial charge in [0.1, 0.15) is 59.2 Å². The lowest BCUT2D eigenvalue weighted by atomic mass is 9.94. The zero-order chi connectivity index (χ0) is 57.9. The van der Waals surface area contributed by atoms with E-state index in [0.717, 1.165) is 9.80 Å². The van der Waals surface area contributed by atoms with Crippen molar-refractivity contribution in [1.82, 2.24) is 40.2 Å². The van der Waals surface area contributed by atoms with Gasteiger partial charge in [-0.1, -0.05) is 13.8 Å². The van der Waals surface area contributed by atoms with E-state index < -0.39 is 119 Å². The monoisotopic (exact) mass is 1090 g/mol. The van der Waals surface area contributed by atoms with Gasteiger partial charge in [0.25, 0.3) is 0 Å². The zero-order valence-electron chi connectivity index (χ0n) is 47.2. The van der Waals surface area contributed by atoms with E-state index in [0.29, 0.717) is 44.3 Å². The number of hydrogen-bond donors (Lipinski definition) is 4. The first kappa shape index (κ1) is 60.0. The molecule has 2 saturated heterocycles. The molecule has 0 saturated carbocycles. The van der Waals surface area contributed by atoms with Gasteiger partial charge in [-0.3, -0.25) is 38.6 Å². The van der Waals surface area contributed by atoms with Crippen molar-refractivity contribution >= 4 is 69.6 Å². The molecule has 0 aliphatic carbocycles. The number of aromatic nitrogens is 2. The Kier molecular flexibility index (Phi) is 18.6. The van der Waals surface area contributed by atoms with Crippen LogP contribution in [0.5, 0.6) is 0 Å². The molecule has 4 N–H and O–H groups in total. The van der Waals surface area contributed by atoms with Crippen LogP contribution in [0.4, 0.5) is 18.4 Å². The average Bonchev–Trinajstić information content (AvgIpc) is 4.21. The van der Waals surface area contributed by atoms with Gasteiger partial charge in [0.15, 0.2) is 0 Å². The molecule has 0 radical (unpaired) electrons. The number of carbonyl (C=O) groups is 8. The largest absolute Gasteiger partial charge is 0.461 e. The first-order valence-electron chi connectivity index (χ1n) is 26.5. The Bertz CT molecular complexity index is 2730. The second-order valence-electron chi connectivity index (χ2n) is 22.4. The lowest BCUT2D eigenvalue weighted by Gasteiger charge is -2.31.